The molecule has 2 aromatic carbocycles. The number of amides is 3. The number of primary amides is 1. The highest BCUT2D eigenvalue weighted by molar-refractivity contribution is 7.99. The summed E-state index contributed by atoms with van der Waals surface area (Å²) in [6.07, 6.45) is -1.30. The van der Waals surface area contributed by atoms with E-state index in [0.29, 0.717) is 4.90 Å². The maximum atomic E-state index is 12.2. The molecular formula is C18H17N3O6S. The molecule has 0 aliphatic rings. The molecule has 0 aliphatic carbocycles. The van der Waals surface area contributed by atoms with Gasteiger partial charge in [0.15, 0.2) is 6.10 Å². The Morgan fingerprint density at radius 2 is 1.82 bits per heavy atom. The van der Waals surface area contributed by atoms with Gasteiger partial charge >= 0.3 is 12.0 Å². The molecule has 0 radical (unpaired) electrons. The molecule has 3 amide bonds. The number of carbonyl (C=O) groups is 3. The number of benzene rings is 2. The lowest BCUT2D eigenvalue weighted by Crippen LogP contribution is -2.42. The topological polar surface area (TPSA) is 142 Å². The van der Waals surface area contributed by atoms with Crippen molar-refractivity contribution in [3.63, 3.8) is 0 Å². The van der Waals surface area contributed by atoms with Crippen LogP contribution in [0.25, 0.3) is 0 Å². The van der Waals surface area contributed by atoms with E-state index in [2.05, 4.69) is 0 Å². The lowest BCUT2D eigenvalue weighted by Gasteiger charge is -2.12. The number of ether oxygens (including phenoxy) is 1. The second kappa shape index (κ2) is 9.00. The third-order valence-corrected chi connectivity index (χ3v) is 4.61. The van der Waals surface area contributed by atoms with Gasteiger partial charge in [-0.05, 0) is 38.1 Å². The number of nitrogens with one attached hydrogen (secondary N) is 1. The molecule has 0 saturated heterocycles. The van der Waals surface area contributed by atoms with Crippen LogP contribution in [-0.4, -0.2) is 28.9 Å². The lowest BCUT2D eigenvalue weighted by atomic mass is 10.2. The van der Waals surface area contributed by atoms with Gasteiger partial charge in [0, 0.05) is 11.0 Å². The minimum Gasteiger partial charge on any atom is -0.449 e. The molecule has 0 fully saturated rings. The molecule has 0 aromatic heterocycles. The van der Waals surface area contributed by atoms with Crippen LogP contribution in [0.15, 0.2) is 52.3 Å². The van der Waals surface area contributed by atoms with Crippen molar-refractivity contribution in [2.75, 3.05) is 0 Å². The Kier molecular flexibility index (Phi) is 6.72. The maximum Gasteiger partial charge on any atom is 0.339 e. The van der Waals surface area contributed by atoms with Crippen molar-refractivity contribution < 1.29 is 24.0 Å². The molecule has 0 aliphatic heterocycles. The number of imide groups is 1. The molecule has 146 valence electrons. The number of nitrogens with zero attached hydrogens (tertiary/aromatic N) is 1. The van der Waals surface area contributed by atoms with E-state index in [9.17, 15) is 24.5 Å². The van der Waals surface area contributed by atoms with Gasteiger partial charge in [-0.15, -0.1) is 0 Å². The third kappa shape index (κ3) is 5.55. The van der Waals surface area contributed by atoms with Crippen molar-refractivity contribution >= 4 is 35.4 Å². The van der Waals surface area contributed by atoms with Gasteiger partial charge in [-0.1, -0.05) is 29.5 Å². The van der Waals surface area contributed by atoms with Crippen molar-refractivity contribution in [3.8, 4) is 0 Å². The molecule has 28 heavy (non-hydrogen) atoms. The average Bonchev–Trinajstić information content (AvgIpc) is 2.63. The van der Waals surface area contributed by atoms with E-state index >= 15 is 0 Å². The summed E-state index contributed by atoms with van der Waals surface area (Å²) in [6.45, 7) is 3.17. The zero-order valence-electron chi connectivity index (χ0n) is 15.0. The fourth-order valence-electron chi connectivity index (χ4n) is 2.11. The Balaban J connectivity index is 2.20. The van der Waals surface area contributed by atoms with E-state index < -0.39 is 28.9 Å². The summed E-state index contributed by atoms with van der Waals surface area (Å²) >= 11 is 1.19. The molecule has 3 N–H and O–H groups in total. The van der Waals surface area contributed by atoms with Crippen molar-refractivity contribution in [3.05, 3.63) is 63.7 Å². The van der Waals surface area contributed by atoms with Crippen LogP contribution in [0, 0.1) is 17.0 Å². The van der Waals surface area contributed by atoms with Crippen LogP contribution >= 0.6 is 11.8 Å². The summed E-state index contributed by atoms with van der Waals surface area (Å²) in [6, 6.07) is 10.3. The predicted octanol–water partition coefficient (Wildman–Crippen LogP) is 2.79. The number of nitro groups is 1. The molecule has 0 heterocycles. The van der Waals surface area contributed by atoms with Gasteiger partial charge in [-0.25, -0.2) is 9.59 Å². The molecule has 2 aromatic rings. The Labute approximate surface area is 164 Å². The molecule has 10 heteroatoms. The Morgan fingerprint density at radius 1 is 1.18 bits per heavy atom. The highest BCUT2D eigenvalue weighted by Crippen LogP contribution is 2.35. The standard InChI is InChI=1S/C18H17N3O6S/c1-10-3-6-13(7-4-10)28-15-8-5-12(9-14(15)21(25)26)17(23)27-11(2)16(22)20-18(19)24/h3-9,11H,1-2H3,(H3,19,20,22,24). The summed E-state index contributed by atoms with van der Waals surface area (Å²) in [5.41, 5.74) is 5.52. The number of urea groups is 1. The summed E-state index contributed by atoms with van der Waals surface area (Å²) in [7, 11) is 0. The van der Waals surface area contributed by atoms with Crippen LogP contribution in [0.5, 0.6) is 0 Å². The van der Waals surface area contributed by atoms with Crippen LogP contribution in [0.4, 0.5) is 10.5 Å². The number of carbonyl (C=O) groups excluding carboxylic acids is 3. The molecule has 0 spiro atoms. The van der Waals surface area contributed by atoms with Gasteiger partial charge in [0.2, 0.25) is 0 Å². The third-order valence-electron chi connectivity index (χ3n) is 3.54. The first-order valence-electron chi connectivity index (χ1n) is 8.01. The Bertz CT molecular complexity index is 929. The van der Waals surface area contributed by atoms with Gasteiger partial charge in [0.1, 0.15) is 0 Å². The maximum absolute atomic E-state index is 12.2. The van der Waals surface area contributed by atoms with E-state index in [4.69, 9.17) is 10.5 Å². The Morgan fingerprint density at radius 3 is 2.39 bits per heavy atom. The first-order valence-corrected chi connectivity index (χ1v) is 8.83. The first kappa shape index (κ1) is 20.9. The van der Waals surface area contributed by atoms with Crippen LogP contribution < -0.4 is 11.1 Å². The minimum atomic E-state index is -1.30. The number of rotatable bonds is 6. The van der Waals surface area contributed by atoms with Gasteiger partial charge in [0.25, 0.3) is 11.6 Å². The molecule has 2 rings (SSSR count). The number of nitro benzene ring substituents is 1. The fourth-order valence-corrected chi connectivity index (χ4v) is 3.01. The van der Waals surface area contributed by atoms with Gasteiger partial charge in [-0.3, -0.25) is 20.2 Å². The van der Waals surface area contributed by atoms with Crippen LogP contribution in [0.1, 0.15) is 22.8 Å². The van der Waals surface area contributed by atoms with Crippen molar-refractivity contribution in [1.29, 1.82) is 0 Å². The van der Waals surface area contributed by atoms with Gasteiger partial charge in [-0.2, -0.15) is 0 Å². The zero-order valence-corrected chi connectivity index (χ0v) is 15.8. The smallest absolute Gasteiger partial charge is 0.339 e. The quantitative estimate of drug-likeness (QED) is 0.429. The minimum absolute atomic E-state index is 0.0984. The number of aryl methyl sites for hydroxylation is 1. The number of hydrogen-bond donors (Lipinski definition) is 2. The largest absolute Gasteiger partial charge is 0.449 e. The summed E-state index contributed by atoms with van der Waals surface area (Å²) in [5, 5.41) is 13.2. The van der Waals surface area contributed by atoms with E-state index in [-0.39, 0.29) is 11.3 Å². The van der Waals surface area contributed by atoms with E-state index in [0.717, 1.165) is 16.5 Å². The van der Waals surface area contributed by atoms with E-state index in [1.807, 2.05) is 31.2 Å². The average molecular weight is 403 g/mol. The highest BCUT2D eigenvalue weighted by atomic mass is 32.2. The number of hydrogen-bond acceptors (Lipinski definition) is 7. The van der Waals surface area contributed by atoms with Crippen molar-refractivity contribution in [1.82, 2.24) is 5.32 Å². The molecular weight excluding hydrogens is 386 g/mol. The normalized spacial score (nSPS) is 11.4. The molecule has 0 bridgehead atoms. The summed E-state index contributed by atoms with van der Waals surface area (Å²) in [4.78, 5) is 46.4. The van der Waals surface area contributed by atoms with Crippen LogP contribution in [0.2, 0.25) is 0 Å². The van der Waals surface area contributed by atoms with Gasteiger partial charge in [0.05, 0.1) is 15.4 Å². The summed E-state index contributed by atoms with van der Waals surface area (Å²) < 4.78 is 4.92. The lowest BCUT2D eigenvalue weighted by molar-refractivity contribution is -0.387. The molecule has 0 saturated carbocycles. The Hall–Kier alpha value is -3.40. The van der Waals surface area contributed by atoms with Crippen LogP contribution in [0.3, 0.4) is 0 Å². The molecule has 1 atom stereocenters. The number of esters is 1. The van der Waals surface area contributed by atoms with Crippen molar-refractivity contribution in [2.24, 2.45) is 5.73 Å². The number of nitrogens with two attached hydrogens (primary N) is 1. The van der Waals surface area contributed by atoms with Crippen molar-refractivity contribution in [2.45, 2.75) is 29.7 Å². The zero-order chi connectivity index (χ0) is 20.8. The SMILES string of the molecule is Cc1ccc(Sc2ccc(C(=O)OC(C)C(=O)NC(N)=O)cc2[N+](=O)[O-])cc1. The summed E-state index contributed by atoms with van der Waals surface area (Å²) in [5.74, 6) is -1.84. The first-order chi connectivity index (χ1) is 13.2. The molecule has 1 unspecified atom stereocenters. The monoisotopic (exact) mass is 403 g/mol. The highest BCUT2D eigenvalue weighted by Gasteiger charge is 2.23. The van der Waals surface area contributed by atoms with Gasteiger partial charge < -0.3 is 10.5 Å². The second-order valence-corrected chi connectivity index (χ2v) is 6.87. The second-order valence-electron chi connectivity index (χ2n) is 5.76. The van der Waals surface area contributed by atoms with E-state index in [1.54, 1.807) is 5.32 Å². The van der Waals surface area contributed by atoms with E-state index in [1.165, 1.54) is 30.8 Å². The molecule has 9 nitrogen and oxygen atoms in total. The predicted molar refractivity (Wildman–Crippen MR) is 101 cm³/mol. The fraction of sp³-hybridized carbons (Fsp3) is 0.167. The van der Waals surface area contributed by atoms with Crippen LogP contribution in [-0.2, 0) is 9.53 Å².